The molecule has 6 heteroatoms. The average Bonchev–Trinajstić information content (AvgIpc) is 2.27. The Balaban J connectivity index is 2.63. The largest absolute Gasteiger partial charge is 0.387 e. The number of aromatic nitrogens is 1. The summed E-state index contributed by atoms with van der Waals surface area (Å²) in [6.45, 7) is 1.75. The smallest absolute Gasteiger partial charge is 0.260 e. The molecule has 1 aromatic rings. The normalized spacial score (nSPS) is 14.1. The highest BCUT2D eigenvalue weighted by atomic mass is 32.2. The highest BCUT2D eigenvalue weighted by Crippen LogP contribution is 2.09. The molecule has 1 amide bonds. The Kier molecular flexibility index (Phi) is 4.77. The van der Waals surface area contributed by atoms with Crippen LogP contribution in [-0.4, -0.2) is 40.2 Å². The molecule has 3 N–H and O–H groups in total. The molecule has 0 saturated heterocycles. The molecule has 1 unspecified atom stereocenters. The molecule has 0 aliphatic heterocycles. The van der Waals surface area contributed by atoms with Gasteiger partial charge in [0.15, 0.2) is 0 Å². The summed E-state index contributed by atoms with van der Waals surface area (Å²) < 4.78 is 0. The van der Waals surface area contributed by atoms with Crippen LogP contribution in [0.2, 0.25) is 0 Å². The molecular weight excluding hydrogens is 240 g/mol. The van der Waals surface area contributed by atoms with Crippen molar-refractivity contribution in [2.45, 2.75) is 12.5 Å². The van der Waals surface area contributed by atoms with E-state index in [1.54, 1.807) is 13.0 Å². The Morgan fingerprint density at radius 1 is 1.65 bits per heavy atom. The van der Waals surface area contributed by atoms with Crippen molar-refractivity contribution in [1.82, 2.24) is 10.3 Å². The van der Waals surface area contributed by atoms with Crippen molar-refractivity contribution >= 4 is 17.7 Å². The van der Waals surface area contributed by atoms with E-state index in [1.165, 1.54) is 24.0 Å². The summed E-state index contributed by atoms with van der Waals surface area (Å²) in [6, 6.07) is 3.02. The van der Waals surface area contributed by atoms with Crippen molar-refractivity contribution < 1.29 is 9.90 Å². The predicted octanol–water partition coefficient (Wildman–Crippen LogP) is 0.219. The molecule has 94 valence electrons. The molecule has 1 heterocycles. The fourth-order valence-corrected chi connectivity index (χ4v) is 2.05. The quantitative estimate of drug-likeness (QED) is 0.704. The molecule has 1 atom stereocenters. The molecule has 1 aromatic heterocycles. The Hall–Kier alpha value is -1.27. The first-order chi connectivity index (χ1) is 7.96. The molecule has 17 heavy (non-hydrogen) atoms. The minimum atomic E-state index is -0.976. The number of pyridine rings is 1. The third-order valence-electron chi connectivity index (χ3n) is 2.15. The van der Waals surface area contributed by atoms with Crippen LogP contribution >= 0.6 is 11.8 Å². The van der Waals surface area contributed by atoms with Crippen molar-refractivity contribution in [2.75, 3.05) is 18.6 Å². The standard InChI is InChI=1S/C11H16N2O3S/c1-11(16,7-17-2)6-13-10(15)8-4-3-5-12-9(8)14/h3-5,16H,6-7H2,1-2H3,(H,12,14)(H,13,15). The Bertz CT molecular complexity index is 442. The maximum atomic E-state index is 11.7. The fraction of sp³-hybridized carbons (Fsp3) is 0.455. The SMILES string of the molecule is CSCC(C)(O)CNC(=O)c1ccc[nH]c1=O. The van der Waals surface area contributed by atoms with Crippen LogP contribution in [-0.2, 0) is 0 Å². The van der Waals surface area contributed by atoms with E-state index < -0.39 is 17.1 Å². The number of hydrogen-bond donors (Lipinski definition) is 3. The van der Waals surface area contributed by atoms with Crippen LogP contribution < -0.4 is 10.9 Å². The van der Waals surface area contributed by atoms with E-state index in [0.717, 1.165) is 0 Å². The first-order valence-corrected chi connectivity index (χ1v) is 6.53. The number of thioether (sulfide) groups is 1. The number of rotatable bonds is 5. The fourth-order valence-electron chi connectivity index (χ4n) is 1.33. The summed E-state index contributed by atoms with van der Waals surface area (Å²) in [6.07, 6.45) is 3.33. The van der Waals surface area contributed by atoms with E-state index in [4.69, 9.17) is 0 Å². The summed E-state index contributed by atoms with van der Waals surface area (Å²) in [4.78, 5) is 25.4. The zero-order valence-corrected chi connectivity index (χ0v) is 10.6. The van der Waals surface area contributed by atoms with Gasteiger partial charge in [-0.3, -0.25) is 9.59 Å². The molecule has 0 spiro atoms. The minimum absolute atomic E-state index is 0.0486. The first kappa shape index (κ1) is 13.8. The van der Waals surface area contributed by atoms with E-state index in [0.29, 0.717) is 5.75 Å². The zero-order chi connectivity index (χ0) is 12.9. The van der Waals surface area contributed by atoms with Gasteiger partial charge in [0.25, 0.3) is 11.5 Å². The maximum Gasteiger partial charge on any atom is 0.260 e. The van der Waals surface area contributed by atoms with Gasteiger partial charge >= 0.3 is 0 Å². The molecule has 0 aliphatic carbocycles. The number of amides is 1. The van der Waals surface area contributed by atoms with E-state index in [2.05, 4.69) is 10.3 Å². The topological polar surface area (TPSA) is 82.2 Å². The Labute approximate surface area is 104 Å². The summed E-state index contributed by atoms with van der Waals surface area (Å²) >= 11 is 1.49. The second kappa shape index (κ2) is 5.88. The lowest BCUT2D eigenvalue weighted by atomic mass is 10.1. The number of nitrogens with one attached hydrogen (secondary N) is 2. The van der Waals surface area contributed by atoms with Gasteiger partial charge in [-0.2, -0.15) is 11.8 Å². The highest BCUT2D eigenvalue weighted by molar-refractivity contribution is 7.98. The Morgan fingerprint density at radius 3 is 2.94 bits per heavy atom. The second-order valence-corrected chi connectivity index (χ2v) is 4.89. The Morgan fingerprint density at radius 2 is 2.35 bits per heavy atom. The van der Waals surface area contributed by atoms with Gasteiger partial charge in [-0.1, -0.05) is 0 Å². The van der Waals surface area contributed by atoms with E-state index in [1.807, 2.05) is 6.26 Å². The predicted molar refractivity (Wildman–Crippen MR) is 68.4 cm³/mol. The van der Waals surface area contributed by atoms with Crippen LogP contribution in [0.1, 0.15) is 17.3 Å². The minimum Gasteiger partial charge on any atom is -0.387 e. The molecule has 1 rings (SSSR count). The first-order valence-electron chi connectivity index (χ1n) is 5.13. The van der Waals surface area contributed by atoms with Crippen molar-refractivity contribution in [3.63, 3.8) is 0 Å². The van der Waals surface area contributed by atoms with Crippen molar-refractivity contribution in [2.24, 2.45) is 0 Å². The highest BCUT2D eigenvalue weighted by Gasteiger charge is 2.21. The van der Waals surface area contributed by atoms with Gasteiger partial charge in [0, 0.05) is 18.5 Å². The van der Waals surface area contributed by atoms with Crippen molar-refractivity contribution in [3.8, 4) is 0 Å². The van der Waals surface area contributed by atoms with Crippen molar-refractivity contribution in [1.29, 1.82) is 0 Å². The van der Waals surface area contributed by atoms with Crippen LogP contribution in [0, 0.1) is 0 Å². The summed E-state index contributed by atoms with van der Waals surface area (Å²) in [7, 11) is 0. The number of aromatic amines is 1. The molecule has 0 fully saturated rings. The van der Waals surface area contributed by atoms with Crippen LogP contribution in [0.15, 0.2) is 23.1 Å². The van der Waals surface area contributed by atoms with Crippen molar-refractivity contribution in [3.05, 3.63) is 34.2 Å². The average molecular weight is 256 g/mol. The van der Waals surface area contributed by atoms with Gasteiger partial charge in [0.05, 0.1) is 5.60 Å². The van der Waals surface area contributed by atoms with Gasteiger partial charge in [0.2, 0.25) is 0 Å². The number of carbonyl (C=O) groups excluding carboxylic acids is 1. The maximum absolute atomic E-state index is 11.7. The number of H-pyrrole nitrogens is 1. The molecule has 0 aromatic carbocycles. The zero-order valence-electron chi connectivity index (χ0n) is 9.82. The number of hydrogen-bond acceptors (Lipinski definition) is 4. The lowest BCUT2D eigenvalue weighted by molar-refractivity contribution is 0.0724. The second-order valence-electron chi connectivity index (χ2n) is 4.03. The number of carbonyl (C=O) groups is 1. The molecule has 0 saturated carbocycles. The van der Waals surface area contributed by atoms with E-state index in [9.17, 15) is 14.7 Å². The molecule has 0 bridgehead atoms. The van der Waals surface area contributed by atoms with Gasteiger partial charge in [-0.15, -0.1) is 0 Å². The molecular formula is C11H16N2O3S. The lowest BCUT2D eigenvalue weighted by Crippen LogP contribution is -2.43. The van der Waals surface area contributed by atoms with Gasteiger partial charge < -0.3 is 15.4 Å². The summed E-state index contributed by atoms with van der Waals surface area (Å²) in [5.74, 6) is 0.0338. The van der Waals surface area contributed by atoms with Gasteiger partial charge in [0.1, 0.15) is 5.56 Å². The molecule has 0 aliphatic rings. The van der Waals surface area contributed by atoms with E-state index >= 15 is 0 Å². The number of aliphatic hydroxyl groups is 1. The lowest BCUT2D eigenvalue weighted by Gasteiger charge is -2.22. The molecule has 0 radical (unpaired) electrons. The van der Waals surface area contributed by atoms with Crippen LogP contribution in [0.5, 0.6) is 0 Å². The third-order valence-corrected chi connectivity index (χ3v) is 3.06. The van der Waals surface area contributed by atoms with Crippen LogP contribution in [0.25, 0.3) is 0 Å². The monoisotopic (exact) mass is 256 g/mol. The summed E-state index contributed by atoms with van der Waals surface area (Å²) in [5, 5.41) is 12.4. The summed E-state index contributed by atoms with van der Waals surface area (Å²) in [5.41, 5.74) is -1.36. The van der Waals surface area contributed by atoms with Gasteiger partial charge in [-0.05, 0) is 25.3 Å². The third kappa shape index (κ3) is 4.24. The van der Waals surface area contributed by atoms with Crippen LogP contribution in [0.4, 0.5) is 0 Å². The molecule has 5 nitrogen and oxygen atoms in total. The van der Waals surface area contributed by atoms with Crippen LogP contribution in [0.3, 0.4) is 0 Å². The van der Waals surface area contributed by atoms with Gasteiger partial charge in [-0.25, -0.2) is 0 Å². The van der Waals surface area contributed by atoms with E-state index in [-0.39, 0.29) is 12.1 Å².